The first-order valence-corrected chi connectivity index (χ1v) is 7.71. The SMILES string of the molecule is CCC(C)OCCC1CCCC1(NC1CC1)C(=O)O. The zero-order chi connectivity index (χ0) is 13.9. The van der Waals surface area contributed by atoms with E-state index in [9.17, 15) is 9.90 Å². The fourth-order valence-corrected chi connectivity index (χ4v) is 3.12. The lowest BCUT2D eigenvalue weighted by Gasteiger charge is -2.33. The van der Waals surface area contributed by atoms with E-state index in [0.717, 1.165) is 44.9 Å². The van der Waals surface area contributed by atoms with Crippen LogP contribution in [0, 0.1) is 5.92 Å². The van der Waals surface area contributed by atoms with Crippen molar-refractivity contribution in [3.05, 3.63) is 0 Å². The molecule has 0 spiro atoms. The maximum Gasteiger partial charge on any atom is 0.324 e. The van der Waals surface area contributed by atoms with Gasteiger partial charge in [0.1, 0.15) is 5.54 Å². The van der Waals surface area contributed by atoms with Gasteiger partial charge in [-0.15, -0.1) is 0 Å². The minimum absolute atomic E-state index is 0.217. The maximum atomic E-state index is 11.7. The molecule has 0 aromatic carbocycles. The standard InChI is InChI=1S/C15H27NO3/c1-3-11(2)19-10-8-12-5-4-9-15(12,14(17)18)16-13-6-7-13/h11-13,16H,3-10H2,1-2H3,(H,17,18). The third kappa shape index (κ3) is 3.48. The molecule has 2 rings (SSSR count). The van der Waals surface area contributed by atoms with Crippen molar-refractivity contribution in [3.63, 3.8) is 0 Å². The summed E-state index contributed by atoms with van der Waals surface area (Å²) in [5.74, 6) is -0.444. The summed E-state index contributed by atoms with van der Waals surface area (Å²) in [5, 5.41) is 13.1. The van der Waals surface area contributed by atoms with Crippen molar-refractivity contribution in [1.82, 2.24) is 5.32 Å². The van der Waals surface area contributed by atoms with Gasteiger partial charge in [0.15, 0.2) is 0 Å². The first-order valence-electron chi connectivity index (χ1n) is 7.71. The highest BCUT2D eigenvalue weighted by Crippen LogP contribution is 2.40. The van der Waals surface area contributed by atoms with E-state index in [4.69, 9.17) is 4.74 Å². The molecule has 3 atom stereocenters. The van der Waals surface area contributed by atoms with Crippen molar-refractivity contribution in [2.45, 2.75) is 76.5 Å². The van der Waals surface area contributed by atoms with Crippen molar-refractivity contribution in [2.75, 3.05) is 6.61 Å². The summed E-state index contributed by atoms with van der Waals surface area (Å²) in [4.78, 5) is 11.7. The Hall–Kier alpha value is -0.610. The van der Waals surface area contributed by atoms with E-state index in [2.05, 4.69) is 19.2 Å². The summed E-state index contributed by atoms with van der Waals surface area (Å²) in [6, 6.07) is 0.437. The minimum Gasteiger partial charge on any atom is -0.480 e. The predicted octanol–water partition coefficient (Wildman–Crippen LogP) is 2.57. The molecule has 0 bridgehead atoms. The molecule has 2 fully saturated rings. The second-order valence-electron chi connectivity index (χ2n) is 6.16. The highest BCUT2D eigenvalue weighted by atomic mass is 16.5. The number of ether oxygens (including phenoxy) is 1. The number of nitrogens with one attached hydrogen (secondary N) is 1. The summed E-state index contributed by atoms with van der Waals surface area (Å²) in [6.07, 6.45) is 7.20. The van der Waals surface area contributed by atoms with Gasteiger partial charge in [-0.3, -0.25) is 10.1 Å². The second kappa shape index (κ2) is 6.23. The summed E-state index contributed by atoms with van der Waals surface area (Å²) in [7, 11) is 0. The van der Waals surface area contributed by atoms with E-state index in [1.807, 2.05) is 0 Å². The first-order chi connectivity index (χ1) is 9.08. The molecular weight excluding hydrogens is 242 g/mol. The van der Waals surface area contributed by atoms with Gasteiger partial charge in [0.25, 0.3) is 0 Å². The summed E-state index contributed by atoms with van der Waals surface area (Å²) < 4.78 is 5.73. The Morgan fingerprint density at radius 1 is 1.47 bits per heavy atom. The van der Waals surface area contributed by atoms with Gasteiger partial charge >= 0.3 is 5.97 Å². The predicted molar refractivity (Wildman–Crippen MR) is 74.2 cm³/mol. The lowest BCUT2D eigenvalue weighted by Crippen LogP contribution is -2.55. The van der Waals surface area contributed by atoms with E-state index >= 15 is 0 Å². The molecule has 2 aliphatic rings. The number of carboxylic acid groups (broad SMARTS) is 1. The minimum atomic E-state index is -0.681. The molecule has 0 amide bonds. The molecule has 0 aromatic heterocycles. The fourth-order valence-electron chi connectivity index (χ4n) is 3.12. The smallest absolute Gasteiger partial charge is 0.324 e. The quantitative estimate of drug-likeness (QED) is 0.711. The van der Waals surface area contributed by atoms with E-state index in [1.54, 1.807) is 0 Å². The van der Waals surface area contributed by atoms with Crippen LogP contribution in [-0.4, -0.2) is 35.4 Å². The number of hydrogen-bond donors (Lipinski definition) is 2. The van der Waals surface area contributed by atoms with Crippen LogP contribution in [-0.2, 0) is 9.53 Å². The van der Waals surface area contributed by atoms with Gasteiger partial charge in [-0.25, -0.2) is 0 Å². The number of carbonyl (C=O) groups is 1. The van der Waals surface area contributed by atoms with Crippen LogP contribution in [0.5, 0.6) is 0 Å². The molecule has 2 aliphatic carbocycles. The molecule has 19 heavy (non-hydrogen) atoms. The van der Waals surface area contributed by atoms with Crippen LogP contribution in [0.4, 0.5) is 0 Å². The topological polar surface area (TPSA) is 58.6 Å². The van der Waals surface area contributed by atoms with Crippen molar-refractivity contribution < 1.29 is 14.6 Å². The third-order valence-corrected chi connectivity index (χ3v) is 4.68. The van der Waals surface area contributed by atoms with Crippen LogP contribution in [0.15, 0.2) is 0 Å². The average Bonchev–Trinajstić information content (AvgIpc) is 3.09. The van der Waals surface area contributed by atoms with Crippen LogP contribution in [0.2, 0.25) is 0 Å². The average molecular weight is 269 g/mol. The Morgan fingerprint density at radius 2 is 2.21 bits per heavy atom. The zero-order valence-electron chi connectivity index (χ0n) is 12.2. The molecular formula is C15H27NO3. The fraction of sp³-hybridized carbons (Fsp3) is 0.933. The van der Waals surface area contributed by atoms with E-state index in [-0.39, 0.29) is 12.0 Å². The number of aliphatic carboxylic acids is 1. The van der Waals surface area contributed by atoms with Gasteiger partial charge in [0.2, 0.25) is 0 Å². The molecule has 4 heteroatoms. The molecule has 0 saturated heterocycles. The number of rotatable bonds is 8. The Bertz CT molecular complexity index is 317. The van der Waals surface area contributed by atoms with Gasteiger partial charge in [-0.1, -0.05) is 13.3 Å². The van der Waals surface area contributed by atoms with Gasteiger partial charge in [0, 0.05) is 12.6 Å². The maximum absolute atomic E-state index is 11.7. The normalized spacial score (nSPS) is 32.4. The van der Waals surface area contributed by atoms with Crippen LogP contribution in [0.1, 0.15) is 58.8 Å². The van der Waals surface area contributed by atoms with E-state index in [1.165, 1.54) is 0 Å². The van der Waals surface area contributed by atoms with E-state index in [0.29, 0.717) is 12.6 Å². The van der Waals surface area contributed by atoms with Gasteiger partial charge < -0.3 is 9.84 Å². The highest BCUT2D eigenvalue weighted by molar-refractivity contribution is 5.80. The van der Waals surface area contributed by atoms with Crippen molar-refractivity contribution in [2.24, 2.45) is 5.92 Å². The molecule has 2 saturated carbocycles. The molecule has 0 aromatic rings. The Kier molecular flexibility index (Phi) is 4.85. The summed E-state index contributed by atoms with van der Waals surface area (Å²) in [5.41, 5.74) is -0.681. The number of carboxylic acids is 1. The molecule has 110 valence electrons. The highest BCUT2D eigenvalue weighted by Gasteiger charge is 2.51. The molecule has 0 radical (unpaired) electrons. The van der Waals surface area contributed by atoms with Gasteiger partial charge in [-0.2, -0.15) is 0 Å². The second-order valence-corrected chi connectivity index (χ2v) is 6.16. The lowest BCUT2D eigenvalue weighted by molar-refractivity contribution is -0.147. The van der Waals surface area contributed by atoms with Crippen LogP contribution in [0.3, 0.4) is 0 Å². The first kappa shape index (κ1) is 14.8. The Balaban J connectivity index is 1.90. The molecule has 3 unspecified atom stereocenters. The number of hydrogen-bond acceptors (Lipinski definition) is 3. The largest absolute Gasteiger partial charge is 0.480 e. The molecule has 4 nitrogen and oxygen atoms in total. The monoisotopic (exact) mass is 269 g/mol. The van der Waals surface area contributed by atoms with Gasteiger partial charge in [-0.05, 0) is 51.4 Å². The lowest BCUT2D eigenvalue weighted by atomic mass is 9.84. The Labute approximate surface area is 115 Å². The van der Waals surface area contributed by atoms with Crippen molar-refractivity contribution in [1.29, 1.82) is 0 Å². The zero-order valence-corrected chi connectivity index (χ0v) is 12.2. The van der Waals surface area contributed by atoms with Crippen LogP contribution < -0.4 is 5.32 Å². The third-order valence-electron chi connectivity index (χ3n) is 4.68. The summed E-state index contributed by atoms with van der Waals surface area (Å²) in [6.45, 7) is 4.86. The Morgan fingerprint density at radius 3 is 2.79 bits per heavy atom. The van der Waals surface area contributed by atoms with Crippen molar-refractivity contribution in [3.8, 4) is 0 Å². The molecule has 2 N–H and O–H groups in total. The van der Waals surface area contributed by atoms with Crippen LogP contribution in [0.25, 0.3) is 0 Å². The van der Waals surface area contributed by atoms with Gasteiger partial charge in [0.05, 0.1) is 6.10 Å². The van der Waals surface area contributed by atoms with Crippen molar-refractivity contribution >= 4 is 5.97 Å². The van der Waals surface area contributed by atoms with Crippen LogP contribution >= 0.6 is 0 Å². The molecule has 0 heterocycles. The van der Waals surface area contributed by atoms with E-state index < -0.39 is 11.5 Å². The molecule has 0 aliphatic heterocycles. The summed E-state index contributed by atoms with van der Waals surface area (Å²) >= 11 is 0.